The van der Waals surface area contributed by atoms with E-state index < -0.39 is 30.2 Å². The van der Waals surface area contributed by atoms with Gasteiger partial charge < -0.3 is 40.8 Å². The van der Waals surface area contributed by atoms with Crippen LogP contribution < -0.4 is 31.2 Å². The van der Waals surface area contributed by atoms with Crippen LogP contribution in [0.1, 0.15) is 56.1 Å². The van der Waals surface area contributed by atoms with Crippen LogP contribution in [0, 0.1) is 5.92 Å². The van der Waals surface area contributed by atoms with Crippen molar-refractivity contribution < 1.29 is 28.6 Å². The summed E-state index contributed by atoms with van der Waals surface area (Å²) in [5, 5.41) is 8.70. The molecule has 2 bridgehead atoms. The number of benzene rings is 1. The van der Waals surface area contributed by atoms with Crippen LogP contribution in [-0.2, 0) is 26.2 Å². The highest BCUT2D eigenvalue weighted by molar-refractivity contribution is 7.16. The third-order valence-corrected chi connectivity index (χ3v) is 11.0. The zero-order valence-corrected chi connectivity index (χ0v) is 30.0. The van der Waals surface area contributed by atoms with Crippen molar-refractivity contribution >= 4 is 33.0 Å². The van der Waals surface area contributed by atoms with Gasteiger partial charge in [0, 0.05) is 50.4 Å². The maximum absolute atomic E-state index is 13.8. The van der Waals surface area contributed by atoms with Gasteiger partial charge in [0.25, 0.3) is 0 Å². The number of likely N-dealkylation sites (N-methyl/N-ethyl adjacent to an activating group) is 3. The number of nitrogens with one attached hydrogen (secondary N) is 3. The van der Waals surface area contributed by atoms with Gasteiger partial charge in [-0.15, -0.1) is 9.24 Å². The zero-order chi connectivity index (χ0) is 34.6. The number of likely N-dealkylation sites (tertiary alicyclic amines) is 1. The monoisotopic (exact) mass is 685 g/mol. The van der Waals surface area contributed by atoms with E-state index >= 15 is 0 Å². The summed E-state index contributed by atoms with van der Waals surface area (Å²) in [6, 6.07) is 3.02. The zero-order valence-electron chi connectivity index (χ0n) is 28.8. The first-order valence-electron chi connectivity index (χ1n) is 17.0. The van der Waals surface area contributed by atoms with Crippen molar-refractivity contribution in [2.75, 3.05) is 54.7 Å². The number of nitrogens with zero attached hydrogens (tertiary/aromatic N) is 3. The van der Waals surface area contributed by atoms with Crippen LogP contribution in [0.3, 0.4) is 0 Å². The van der Waals surface area contributed by atoms with Gasteiger partial charge >= 0.3 is 6.09 Å². The molecule has 0 saturated carbocycles. The Morgan fingerprint density at radius 3 is 2.73 bits per heavy atom. The van der Waals surface area contributed by atoms with Crippen LogP contribution in [-0.4, -0.2) is 112 Å². The number of aliphatic imine (C=N–C) groups is 1. The van der Waals surface area contributed by atoms with Crippen LogP contribution >= 0.6 is 9.24 Å². The Balaban J connectivity index is 1.27. The maximum Gasteiger partial charge on any atom is 0.415 e. The van der Waals surface area contributed by atoms with Crippen molar-refractivity contribution in [2.24, 2.45) is 16.6 Å². The van der Waals surface area contributed by atoms with Gasteiger partial charge in [-0.3, -0.25) is 19.5 Å². The first-order valence-corrected chi connectivity index (χ1v) is 17.8. The predicted molar refractivity (Wildman–Crippen MR) is 187 cm³/mol. The molecule has 5 N–H and O–H groups in total. The molecule has 264 valence electrons. The second kappa shape index (κ2) is 15.4. The highest BCUT2D eigenvalue weighted by Gasteiger charge is 2.65. The molecule has 0 radical (unpaired) electrons. The van der Waals surface area contributed by atoms with E-state index in [1.54, 1.807) is 21.2 Å². The Kier molecular flexibility index (Phi) is 11.5. The van der Waals surface area contributed by atoms with Crippen molar-refractivity contribution in [2.45, 2.75) is 81.0 Å². The number of piperidine rings is 1. The Morgan fingerprint density at radius 1 is 1.23 bits per heavy atom. The average molecular weight is 686 g/mol. The van der Waals surface area contributed by atoms with Crippen molar-refractivity contribution in [3.8, 4) is 11.5 Å². The normalized spacial score (nSPS) is 25.2. The lowest BCUT2D eigenvalue weighted by atomic mass is 9.53. The molecule has 1 fully saturated rings. The molecule has 4 aliphatic rings. The predicted octanol–water partition coefficient (Wildman–Crippen LogP) is 1.89. The molecule has 1 saturated heterocycles. The maximum atomic E-state index is 13.8. The molecule has 5 rings (SSSR count). The largest absolute Gasteiger partial charge is 0.493 e. The minimum Gasteiger partial charge on any atom is -0.493 e. The Hall–Kier alpha value is -3.41. The number of amidine groups is 1. The molecule has 2 unspecified atom stereocenters. The van der Waals surface area contributed by atoms with Crippen LogP contribution in [0.2, 0.25) is 0 Å². The highest BCUT2D eigenvalue weighted by Crippen LogP contribution is 2.63. The molecule has 14 heteroatoms. The van der Waals surface area contributed by atoms with Crippen molar-refractivity contribution in [1.82, 2.24) is 25.8 Å². The van der Waals surface area contributed by atoms with E-state index in [1.807, 2.05) is 12.1 Å². The molecule has 1 aromatic rings. The quantitative estimate of drug-likeness (QED) is 0.0936. The Morgan fingerprint density at radius 2 is 2.02 bits per heavy atom. The molecule has 3 amide bonds. The summed E-state index contributed by atoms with van der Waals surface area (Å²) in [5.41, 5.74) is 7.89. The number of rotatable bonds is 15. The SMILES string of the molecule is CN=C(N)CCCCC[C@H](NC)C(=O)NCC(C(=O)NCP)N(C)C(=O)OC1=CC[C@H]2[C@H]3Cc4ccc(OC)c5c4[C@@]2(CCN3C)[C@H]1O5. The van der Waals surface area contributed by atoms with Gasteiger partial charge in [0.2, 0.25) is 11.8 Å². The fraction of sp³-hybridized carbons (Fsp3) is 0.647. The summed E-state index contributed by atoms with van der Waals surface area (Å²) in [5.74, 6) is 2.16. The first kappa shape index (κ1) is 35.9. The van der Waals surface area contributed by atoms with Crippen molar-refractivity contribution in [3.05, 3.63) is 35.1 Å². The van der Waals surface area contributed by atoms with Gasteiger partial charge in [0.05, 0.1) is 19.0 Å². The lowest BCUT2D eigenvalue weighted by Gasteiger charge is -2.56. The van der Waals surface area contributed by atoms with Crippen LogP contribution in [0.4, 0.5) is 4.79 Å². The molecule has 2 aliphatic carbocycles. The van der Waals surface area contributed by atoms with Crippen molar-refractivity contribution in [1.29, 1.82) is 0 Å². The Labute approximate surface area is 285 Å². The molecule has 13 nitrogen and oxygen atoms in total. The molecule has 48 heavy (non-hydrogen) atoms. The topological polar surface area (TPSA) is 160 Å². The number of carbonyl (C=O) groups is 3. The lowest BCUT2D eigenvalue weighted by Crippen LogP contribution is -2.63. The van der Waals surface area contributed by atoms with Gasteiger partial charge in [-0.2, -0.15) is 0 Å². The van der Waals surface area contributed by atoms with E-state index in [2.05, 4.69) is 48.2 Å². The summed E-state index contributed by atoms with van der Waals surface area (Å²) < 4.78 is 18.5. The lowest BCUT2D eigenvalue weighted by molar-refractivity contribution is -0.126. The minimum absolute atomic E-state index is 0.0758. The van der Waals surface area contributed by atoms with Gasteiger partial charge in [0.15, 0.2) is 17.6 Å². The molecule has 2 heterocycles. The third kappa shape index (κ3) is 6.73. The number of unbranched alkanes of at least 4 members (excludes halogenated alkanes) is 2. The number of ether oxygens (including phenoxy) is 3. The molecular formula is C34H52N7O6P. The molecule has 1 aromatic carbocycles. The van der Waals surface area contributed by atoms with Crippen LogP contribution in [0.15, 0.2) is 29.0 Å². The molecular weight excluding hydrogens is 633 g/mol. The first-order chi connectivity index (χ1) is 23.1. The van der Waals surface area contributed by atoms with E-state index in [0.717, 1.165) is 57.2 Å². The van der Waals surface area contributed by atoms with Gasteiger partial charge in [-0.1, -0.05) is 18.9 Å². The van der Waals surface area contributed by atoms with Crippen molar-refractivity contribution in [3.63, 3.8) is 0 Å². The molecule has 0 aromatic heterocycles. The fourth-order valence-electron chi connectivity index (χ4n) is 8.16. The van der Waals surface area contributed by atoms with E-state index in [-0.39, 0.29) is 17.9 Å². The molecule has 7 atom stereocenters. The van der Waals surface area contributed by atoms with Crippen LogP contribution in [0.5, 0.6) is 11.5 Å². The summed E-state index contributed by atoms with van der Waals surface area (Å²) in [6.07, 6.45) is 7.63. The smallest absolute Gasteiger partial charge is 0.415 e. The van der Waals surface area contributed by atoms with E-state index in [9.17, 15) is 14.4 Å². The van der Waals surface area contributed by atoms with Gasteiger partial charge in [-0.05, 0) is 76.4 Å². The fourth-order valence-corrected chi connectivity index (χ4v) is 8.36. The summed E-state index contributed by atoms with van der Waals surface area (Å²) in [6.45, 7) is 0.832. The standard InChI is InChI=1S/C34H52N7O6P/c1-36-22(9-7-6-8-10-27(35)37-2)31(42)38-18-24(32(43)39-19-48)41(4)33(44)46-26-14-12-21-23-17-20-11-13-25(45-5)29-28(20)34(21,30(26)47-29)15-16-40(23)3/h11,13-14,21-24,30,36H,6-10,12,15-19,48H2,1-5H3,(H2,35,37)(H,38,42)(H,39,43)/t21-,22-,23+,24?,30-,34-/m0/s1. The van der Waals surface area contributed by atoms with E-state index in [4.69, 9.17) is 19.9 Å². The third-order valence-electron chi connectivity index (χ3n) is 10.8. The molecule has 2 aliphatic heterocycles. The van der Waals surface area contributed by atoms with E-state index in [0.29, 0.717) is 42.0 Å². The summed E-state index contributed by atoms with van der Waals surface area (Å²) >= 11 is 0. The van der Waals surface area contributed by atoms with Crippen LogP contribution in [0.25, 0.3) is 0 Å². The summed E-state index contributed by atoms with van der Waals surface area (Å²) in [7, 11) is 11.2. The minimum atomic E-state index is -0.998. The van der Waals surface area contributed by atoms with Gasteiger partial charge in [-0.25, -0.2) is 4.79 Å². The number of hydrogen-bond acceptors (Lipinski definition) is 9. The number of methoxy groups -OCH3 is 1. The number of hydrogen-bond donors (Lipinski definition) is 4. The number of nitrogens with two attached hydrogens (primary N) is 1. The van der Waals surface area contributed by atoms with Gasteiger partial charge in [0.1, 0.15) is 11.8 Å². The Bertz CT molecular complexity index is 1440. The highest BCUT2D eigenvalue weighted by atomic mass is 31.0. The number of allylic oxidation sites excluding steroid dienone is 1. The number of carbonyl (C=O) groups excluding carboxylic acids is 3. The average Bonchev–Trinajstić information content (AvgIpc) is 3.44. The number of amides is 3. The summed E-state index contributed by atoms with van der Waals surface area (Å²) in [4.78, 5) is 47.8. The molecule has 1 spiro atoms. The van der Waals surface area contributed by atoms with E-state index in [1.165, 1.54) is 23.1 Å². The second-order valence-corrected chi connectivity index (χ2v) is 13.7. The second-order valence-electron chi connectivity index (χ2n) is 13.3.